The molecule has 0 fully saturated rings. The van der Waals surface area contributed by atoms with Crippen molar-refractivity contribution in [3.8, 4) is 11.5 Å². The lowest BCUT2D eigenvalue weighted by atomic mass is 10.2. The van der Waals surface area contributed by atoms with Crippen LogP contribution in [-0.4, -0.2) is 43.6 Å². The molecule has 1 amide bonds. The van der Waals surface area contributed by atoms with Crippen LogP contribution >= 0.6 is 11.3 Å². The Morgan fingerprint density at radius 1 is 1.19 bits per heavy atom. The number of amides is 1. The number of nitrogens with zero attached hydrogens (tertiary/aromatic N) is 2. The SMILES string of the molecule is COc1ccc(NC(=O)CN(C)[C@H](C)c2nc3ccccc3s2)cc1OC. The third kappa shape index (κ3) is 4.37. The van der Waals surface area contributed by atoms with Crippen LogP contribution in [0.25, 0.3) is 10.2 Å². The van der Waals surface area contributed by atoms with Gasteiger partial charge in [-0.3, -0.25) is 9.69 Å². The first-order valence-corrected chi connectivity index (χ1v) is 9.41. The molecular weight excluding hydrogens is 362 g/mol. The highest BCUT2D eigenvalue weighted by Gasteiger charge is 2.19. The van der Waals surface area contributed by atoms with Crippen LogP contribution in [0.1, 0.15) is 18.0 Å². The summed E-state index contributed by atoms with van der Waals surface area (Å²) in [5, 5.41) is 3.90. The number of benzene rings is 2. The second kappa shape index (κ2) is 8.37. The number of methoxy groups -OCH3 is 2. The Labute approximate surface area is 162 Å². The topological polar surface area (TPSA) is 63.7 Å². The number of rotatable bonds is 7. The Balaban J connectivity index is 1.64. The molecule has 1 heterocycles. The quantitative estimate of drug-likeness (QED) is 0.667. The van der Waals surface area contributed by atoms with E-state index in [9.17, 15) is 4.79 Å². The third-order valence-electron chi connectivity index (χ3n) is 4.39. The highest BCUT2D eigenvalue weighted by atomic mass is 32.1. The fraction of sp³-hybridized carbons (Fsp3) is 0.300. The van der Waals surface area contributed by atoms with Crippen LogP contribution in [0, 0.1) is 0 Å². The molecule has 0 aliphatic rings. The summed E-state index contributed by atoms with van der Waals surface area (Å²) in [4.78, 5) is 19.1. The van der Waals surface area contributed by atoms with Crippen LogP contribution in [0.4, 0.5) is 5.69 Å². The molecule has 0 spiro atoms. The van der Waals surface area contributed by atoms with Crippen molar-refractivity contribution in [1.82, 2.24) is 9.88 Å². The largest absolute Gasteiger partial charge is 0.493 e. The Kier molecular flexibility index (Phi) is 5.93. The van der Waals surface area contributed by atoms with Gasteiger partial charge in [0.1, 0.15) is 5.01 Å². The molecule has 27 heavy (non-hydrogen) atoms. The molecule has 3 aromatic rings. The molecule has 2 aromatic carbocycles. The number of para-hydroxylation sites is 1. The summed E-state index contributed by atoms with van der Waals surface area (Å²) in [6.07, 6.45) is 0. The second-order valence-electron chi connectivity index (χ2n) is 6.23. The monoisotopic (exact) mass is 385 g/mol. The van der Waals surface area contributed by atoms with Gasteiger partial charge in [-0.25, -0.2) is 4.98 Å². The maximum absolute atomic E-state index is 12.4. The molecule has 0 radical (unpaired) electrons. The molecule has 1 N–H and O–H groups in total. The van der Waals surface area contributed by atoms with Crippen molar-refractivity contribution in [3.05, 3.63) is 47.5 Å². The Bertz CT molecular complexity index is 908. The van der Waals surface area contributed by atoms with Crippen molar-refractivity contribution in [1.29, 1.82) is 0 Å². The molecule has 0 saturated carbocycles. The molecule has 0 unspecified atom stereocenters. The van der Waals surface area contributed by atoms with Crippen LogP contribution in [0.3, 0.4) is 0 Å². The number of fused-ring (bicyclic) bond motifs is 1. The van der Waals surface area contributed by atoms with E-state index in [1.807, 2.05) is 30.1 Å². The molecular formula is C20H23N3O3S. The van der Waals surface area contributed by atoms with Gasteiger partial charge in [0, 0.05) is 11.8 Å². The molecule has 0 bridgehead atoms. The molecule has 6 nitrogen and oxygen atoms in total. The van der Waals surface area contributed by atoms with Gasteiger partial charge >= 0.3 is 0 Å². The maximum atomic E-state index is 12.4. The number of aromatic nitrogens is 1. The van der Waals surface area contributed by atoms with E-state index in [1.165, 1.54) is 0 Å². The zero-order chi connectivity index (χ0) is 19.4. The minimum atomic E-state index is -0.0994. The maximum Gasteiger partial charge on any atom is 0.238 e. The lowest BCUT2D eigenvalue weighted by Crippen LogP contribution is -2.32. The first kappa shape index (κ1) is 19.1. The molecule has 3 rings (SSSR count). The van der Waals surface area contributed by atoms with E-state index in [4.69, 9.17) is 9.47 Å². The number of anilines is 1. The smallest absolute Gasteiger partial charge is 0.238 e. The zero-order valence-electron chi connectivity index (χ0n) is 15.9. The second-order valence-corrected chi connectivity index (χ2v) is 7.29. The molecule has 1 aromatic heterocycles. The Morgan fingerprint density at radius 3 is 2.63 bits per heavy atom. The van der Waals surface area contributed by atoms with E-state index in [0.29, 0.717) is 17.2 Å². The number of carbonyl (C=O) groups excluding carboxylic acids is 1. The number of carbonyl (C=O) groups is 1. The average molecular weight is 385 g/mol. The van der Waals surface area contributed by atoms with Gasteiger partial charge in [0.05, 0.1) is 37.0 Å². The van der Waals surface area contributed by atoms with Crippen molar-refractivity contribution in [3.63, 3.8) is 0 Å². The number of hydrogen-bond donors (Lipinski definition) is 1. The van der Waals surface area contributed by atoms with E-state index in [2.05, 4.69) is 23.3 Å². The fourth-order valence-corrected chi connectivity index (χ4v) is 3.82. The summed E-state index contributed by atoms with van der Waals surface area (Å²) in [7, 11) is 5.07. The Morgan fingerprint density at radius 2 is 1.93 bits per heavy atom. The number of hydrogen-bond acceptors (Lipinski definition) is 6. The van der Waals surface area contributed by atoms with Crippen molar-refractivity contribution in [2.45, 2.75) is 13.0 Å². The highest BCUT2D eigenvalue weighted by molar-refractivity contribution is 7.18. The molecule has 1 atom stereocenters. The summed E-state index contributed by atoms with van der Waals surface area (Å²) in [5.41, 5.74) is 1.66. The van der Waals surface area contributed by atoms with Gasteiger partial charge in [-0.15, -0.1) is 11.3 Å². The predicted molar refractivity (Wildman–Crippen MR) is 109 cm³/mol. The van der Waals surface area contributed by atoms with Crippen molar-refractivity contribution < 1.29 is 14.3 Å². The van der Waals surface area contributed by atoms with E-state index in [-0.39, 0.29) is 18.5 Å². The molecule has 142 valence electrons. The van der Waals surface area contributed by atoms with Crippen molar-refractivity contribution in [2.24, 2.45) is 0 Å². The van der Waals surface area contributed by atoms with Gasteiger partial charge in [-0.2, -0.15) is 0 Å². The van der Waals surface area contributed by atoms with Gasteiger partial charge in [-0.05, 0) is 38.2 Å². The summed E-state index contributed by atoms with van der Waals surface area (Å²) in [6.45, 7) is 2.31. The van der Waals surface area contributed by atoms with E-state index in [0.717, 1.165) is 15.2 Å². The van der Waals surface area contributed by atoms with Crippen LogP contribution in [0.5, 0.6) is 11.5 Å². The van der Waals surface area contributed by atoms with E-state index < -0.39 is 0 Å². The lowest BCUT2D eigenvalue weighted by molar-refractivity contribution is -0.117. The van der Waals surface area contributed by atoms with Crippen LogP contribution in [0.2, 0.25) is 0 Å². The molecule has 7 heteroatoms. The third-order valence-corrected chi connectivity index (χ3v) is 5.60. The summed E-state index contributed by atoms with van der Waals surface area (Å²) in [6, 6.07) is 13.4. The van der Waals surface area contributed by atoms with Crippen molar-refractivity contribution in [2.75, 3.05) is 33.1 Å². The summed E-state index contributed by atoms with van der Waals surface area (Å²) >= 11 is 1.66. The van der Waals surface area contributed by atoms with Gasteiger partial charge in [0.15, 0.2) is 11.5 Å². The van der Waals surface area contributed by atoms with Crippen molar-refractivity contribution >= 4 is 33.1 Å². The Hall–Kier alpha value is -2.64. The van der Waals surface area contributed by atoms with Crippen LogP contribution in [0.15, 0.2) is 42.5 Å². The molecule has 0 saturated heterocycles. The zero-order valence-corrected chi connectivity index (χ0v) is 16.7. The normalized spacial score (nSPS) is 12.2. The standard InChI is InChI=1S/C20H23N3O3S/c1-13(20-22-15-7-5-6-8-18(15)27-20)23(2)12-19(24)21-14-9-10-16(25-3)17(11-14)26-4/h5-11,13H,12H2,1-4H3,(H,21,24)/t13-/m1/s1. The number of nitrogens with one attached hydrogen (secondary N) is 1. The first-order chi connectivity index (χ1) is 13.0. The number of thiazole rings is 1. The lowest BCUT2D eigenvalue weighted by Gasteiger charge is -2.22. The summed E-state index contributed by atoms with van der Waals surface area (Å²) in [5.74, 6) is 1.10. The van der Waals surface area contributed by atoms with Gasteiger partial charge < -0.3 is 14.8 Å². The fourth-order valence-electron chi connectivity index (χ4n) is 2.74. The summed E-state index contributed by atoms with van der Waals surface area (Å²) < 4.78 is 11.6. The molecule has 0 aliphatic carbocycles. The van der Waals surface area contributed by atoms with E-state index in [1.54, 1.807) is 43.8 Å². The van der Waals surface area contributed by atoms with Crippen LogP contribution < -0.4 is 14.8 Å². The van der Waals surface area contributed by atoms with E-state index >= 15 is 0 Å². The van der Waals surface area contributed by atoms with Gasteiger partial charge in [0.2, 0.25) is 5.91 Å². The predicted octanol–water partition coefficient (Wildman–Crippen LogP) is 3.95. The van der Waals surface area contributed by atoms with Crippen LogP contribution in [-0.2, 0) is 4.79 Å². The van der Waals surface area contributed by atoms with Gasteiger partial charge in [0.25, 0.3) is 0 Å². The minimum Gasteiger partial charge on any atom is -0.493 e. The first-order valence-electron chi connectivity index (χ1n) is 8.59. The number of likely N-dealkylation sites (N-methyl/N-ethyl adjacent to an activating group) is 1. The average Bonchev–Trinajstić information content (AvgIpc) is 3.11. The number of ether oxygens (including phenoxy) is 2. The minimum absolute atomic E-state index is 0.0403. The molecule has 0 aliphatic heterocycles. The van der Waals surface area contributed by atoms with Gasteiger partial charge in [-0.1, -0.05) is 12.1 Å². The highest BCUT2D eigenvalue weighted by Crippen LogP contribution is 2.30.